The van der Waals surface area contributed by atoms with Gasteiger partial charge in [-0.3, -0.25) is 0 Å². The smallest absolute Gasteiger partial charge is 0.124 e. The van der Waals surface area contributed by atoms with Gasteiger partial charge < -0.3 is 4.90 Å². The second kappa shape index (κ2) is 15.0. The van der Waals surface area contributed by atoms with Crippen LogP contribution < -0.4 is 4.90 Å². The van der Waals surface area contributed by atoms with Crippen molar-refractivity contribution in [2.24, 2.45) is 0 Å². The van der Waals surface area contributed by atoms with Crippen LogP contribution in [0.25, 0.3) is 97.3 Å². The van der Waals surface area contributed by atoms with Crippen molar-refractivity contribution in [1.29, 1.82) is 0 Å². The number of nitrogens with zero attached hydrogens (tertiary/aromatic N) is 2. The number of aromatic nitrogens is 1. The van der Waals surface area contributed by atoms with E-state index in [2.05, 4.69) is 235 Å². The first-order valence-electron chi connectivity index (χ1n) is 21.1. The topological polar surface area (TPSA) is 16.1 Å². The first-order valence-corrected chi connectivity index (χ1v) is 21.9. The minimum absolute atomic E-state index is 1.03. The first-order chi connectivity index (χ1) is 30.7. The van der Waals surface area contributed by atoms with Crippen molar-refractivity contribution in [3.8, 4) is 44.0 Å². The summed E-state index contributed by atoms with van der Waals surface area (Å²) < 4.78 is 1.22. The second-order valence-electron chi connectivity index (χ2n) is 15.9. The molecule has 0 aliphatic heterocycles. The van der Waals surface area contributed by atoms with Crippen LogP contribution in [-0.4, -0.2) is 4.98 Å². The molecule has 0 spiro atoms. The van der Waals surface area contributed by atoms with Crippen LogP contribution in [0.2, 0.25) is 0 Å². The number of thiazole rings is 1. The summed E-state index contributed by atoms with van der Waals surface area (Å²) in [6, 6.07) is 83.6. The van der Waals surface area contributed by atoms with E-state index in [1.807, 2.05) is 0 Å². The van der Waals surface area contributed by atoms with Gasteiger partial charge in [-0.15, -0.1) is 11.3 Å². The summed E-state index contributed by atoms with van der Waals surface area (Å²) in [4.78, 5) is 7.50. The van der Waals surface area contributed by atoms with E-state index >= 15 is 0 Å². The van der Waals surface area contributed by atoms with E-state index in [-0.39, 0.29) is 0 Å². The van der Waals surface area contributed by atoms with Gasteiger partial charge in [0.1, 0.15) is 5.01 Å². The number of fused-ring (bicyclic) bond motifs is 8. The lowest BCUT2D eigenvalue weighted by Gasteiger charge is -2.28. The number of benzene rings is 11. The molecule has 12 aromatic rings. The van der Waals surface area contributed by atoms with Gasteiger partial charge in [-0.1, -0.05) is 182 Å². The van der Waals surface area contributed by atoms with Gasteiger partial charge in [0.05, 0.1) is 15.9 Å². The molecule has 0 aliphatic rings. The average molecular weight is 807 g/mol. The van der Waals surface area contributed by atoms with Gasteiger partial charge in [-0.25, -0.2) is 4.98 Å². The van der Waals surface area contributed by atoms with Crippen molar-refractivity contribution in [3.05, 3.63) is 231 Å². The largest absolute Gasteiger partial charge is 0.310 e. The van der Waals surface area contributed by atoms with Gasteiger partial charge in [0.25, 0.3) is 0 Å². The highest BCUT2D eigenvalue weighted by molar-refractivity contribution is 7.22. The Morgan fingerprint density at radius 3 is 1.47 bits per heavy atom. The normalized spacial score (nSPS) is 11.5. The Labute approximate surface area is 364 Å². The SMILES string of the molecule is c1ccc(-c2nc3ccc4c5ccccc5c(-c5ccc(N(c6ccc(-c7cc8ccccc8c8ccccc78)cc6)c6ccccc6-c6ccccc6)cc5)cc4c3s2)cc1. The van der Waals surface area contributed by atoms with Gasteiger partial charge in [-0.05, 0) is 114 Å². The van der Waals surface area contributed by atoms with E-state index in [1.165, 1.54) is 81.2 Å². The van der Waals surface area contributed by atoms with Gasteiger partial charge in [0, 0.05) is 27.9 Å². The highest BCUT2D eigenvalue weighted by atomic mass is 32.1. The lowest BCUT2D eigenvalue weighted by molar-refractivity contribution is 1.28. The minimum Gasteiger partial charge on any atom is -0.310 e. The van der Waals surface area contributed by atoms with Gasteiger partial charge in [0.15, 0.2) is 0 Å². The summed E-state index contributed by atoms with van der Waals surface area (Å²) in [5.41, 5.74) is 12.6. The molecule has 0 saturated heterocycles. The molecule has 11 aromatic carbocycles. The predicted octanol–water partition coefficient (Wildman–Crippen LogP) is 17.0. The standard InChI is InChI=1S/C59H38N2S/c1-3-15-39(16-4-1)47-21-13-14-26-57(47)61(44-31-27-40(28-32-44)53-37-43-19-7-8-20-46(43)48-22-9-11-24-50(48)53)45-33-29-41(30-34-45)54-38-55-52(49-23-10-12-25-51(49)54)35-36-56-58(55)62-59(60-56)42-17-5-2-6-18-42/h1-38H. The van der Waals surface area contributed by atoms with E-state index in [1.54, 1.807) is 11.3 Å². The van der Waals surface area contributed by atoms with E-state index in [0.29, 0.717) is 0 Å². The quantitative estimate of drug-likeness (QED) is 0.149. The lowest BCUT2D eigenvalue weighted by Crippen LogP contribution is -2.11. The summed E-state index contributed by atoms with van der Waals surface area (Å²) in [5.74, 6) is 0. The summed E-state index contributed by atoms with van der Waals surface area (Å²) in [5, 5.41) is 11.1. The fraction of sp³-hybridized carbons (Fsp3) is 0. The Kier molecular flexibility index (Phi) is 8.72. The highest BCUT2D eigenvalue weighted by Crippen LogP contribution is 2.45. The van der Waals surface area contributed by atoms with Gasteiger partial charge >= 0.3 is 0 Å². The molecule has 290 valence electrons. The van der Waals surface area contributed by atoms with Crippen molar-refractivity contribution in [2.45, 2.75) is 0 Å². The van der Waals surface area contributed by atoms with Crippen LogP contribution in [0, 0.1) is 0 Å². The minimum atomic E-state index is 1.03. The maximum absolute atomic E-state index is 5.09. The van der Waals surface area contributed by atoms with Crippen LogP contribution in [0.4, 0.5) is 17.1 Å². The van der Waals surface area contributed by atoms with Crippen molar-refractivity contribution in [2.75, 3.05) is 4.90 Å². The number of para-hydroxylation sites is 1. The molecule has 0 bridgehead atoms. The van der Waals surface area contributed by atoms with E-state index in [0.717, 1.165) is 33.1 Å². The van der Waals surface area contributed by atoms with E-state index in [4.69, 9.17) is 4.98 Å². The zero-order chi connectivity index (χ0) is 41.0. The monoisotopic (exact) mass is 806 g/mol. The molecule has 1 heterocycles. The fourth-order valence-corrected chi connectivity index (χ4v) is 10.4. The Balaban J connectivity index is 0.999. The summed E-state index contributed by atoms with van der Waals surface area (Å²) >= 11 is 1.78. The molecule has 3 heteroatoms. The Morgan fingerprint density at radius 2 is 0.806 bits per heavy atom. The zero-order valence-corrected chi connectivity index (χ0v) is 34.6. The summed E-state index contributed by atoms with van der Waals surface area (Å²) in [7, 11) is 0. The van der Waals surface area contributed by atoms with Crippen molar-refractivity contribution >= 4 is 81.7 Å². The number of hydrogen-bond donors (Lipinski definition) is 0. The predicted molar refractivity (Wildman–Crippen MR) is 266 cm³/mol. The first kappa shape index (κ1) is 36.0. The van der Waals surface area contributed by atoms with Gasteiger partial charge in [0.2, 0.25) is 0 Å². The number of anilines is 3. The van der Waals surface area contributed by atoms with E-state index < -0.39 is 0 Å². The number of hydrogen-bond acceptors (Lipinski definition) is 3. The van der Waals surface area contributed by atoms with Crippen LogP contribution in [0.3, 0.4) is 0 Å². The summed E-state index contributed by atoms with van der Waals surface area (Å²) in [6.45, 7) is 0. The highest BCUT2D eigenvalue weighted by Gasteiger charge is 2.19. The van der Waals surface area contributed by atoms with Crippen LogP contribution in [0.5, 0.6) is 0 Å². The molecule has 0 unspecified atom stereocenters. The molecule has 0 aliphatic carbocycles. The second-order valence-corrected chi connectivity index (χ2v) is 16.9. The zero-order valence-electron chi connectivity index (χ0n) is 33.7. The molecule has 2 nitrogen and oxygen atoms in total. The Morgan fingerprint density at radius 1 is 0.323 bits per heavy atom. The third-order valence-corrected chi connectivity index (χ3v) is 13.4. The molecule has 62 heavy (non-hydrogen) atoms. The van der Waals surface area contributed by atoms with E-state index in [9.17, 15) is 0 Å². The molecule has 12 rings (SSSR count). The third-order valence-electron chi connectivity index (χ3n) is 12.3. The maximum atomic E-state index is 5.09. The fourth-order valence-electron chi connectivity index (χ4n) is 9.34. The molecular weight excluding hydrogens is 769 g/mol. The van der Waals surface area contributed by atoms with Crippen molar-refractivity contribution < 1.29 is 0 Å². The average Bonchev–Trinajstić information content (AvgIpc) is 3.80. The van der Waals surface area contributed by atoms with Crippen LogP contribution in [0.1, 0.15) is 0 Å². The molecule has 0 atom stereocenters. The van der Waals surface area contributed by atoms with Crippen LogP contribution in [-0.2, 0) is 0 Å². The molecular formula is C59H38N2S. The molecule has 1 aromatic heterocycles. The van der Waals surface area contributed by atoms with Crippen LogP contribution >= 0.6 is 11.3 Å². The number of rotatable bonds is 7. The Hall–Kier alpha value is -7.85. The maximum Gasteiger partial charge on any atom is 0.124 e. The molecule has 0 N–H and O–H groups in total. The third kappa shape index (κ3) is 6.13. The van der Waals surface area contributed by atoms with Crippen LogP contribution in [0.15, 0.2) is 231 Å². The van der Waals surface area contributed by atoms with Crippen molar-refractivity contribution in [3.63, 3.8) is 0 Å². The van der Waals surface area contributed by atoms with Crippen molar-refractivity contribution in [1.82, 2.24) is 4.98 Å². The molecule has 0 saturated carbocycles. The Bertz CT molecular complexity index is 3610. The lowest BCUT2D eigenvalue weighted by atomic mass is 9.92. The van der Waals surface area contributed by atoms with Gasteiger partial charge in [-0.2, -0.15) is 0 Å². The molecule has 0 radical (unpaired) electrons. The summed E-state index contributed by atoms with van der Waals surface area (Å²) in [6.07, 6.45) is 0. The molecule has 0 amide bonds. The molecule has 0 fully saturated rings.